The van der Waals surface area contributed by atoms with E-state index in [1.54, 1.807) is 24.1 Å². The van der Waals surface area contributed by atoms with Crippen LogP contribution in [0.2, 0.25) is 0 Å². The second-order valence-electron chi connectivity index (χ2n) is 8.89. The van der Waals surface area contributed by atoms with Gasteiger partial charge in [-0.3, -0.25) is 9.48 Å². The monoisotopic (exact) mass is 459 g/mol. The molecule has 3 aliphatic rings. The van der Waals surface area contributed by atoms with Gasteiger partial charge in [0.2, 0.25) is 0 Å². The molecule has 2 aliphatic carbocycles. The number of hydrogen-bond donors (Lipinski definition) is 1. The highest BCUT2D eigenvalue weighted by Crippen LogP contribution is 2.50. The summed E-state index contributed by atoms with van der Waals surface area (Å²) in [7, 11) is -1.68. The molecule has 0 unspecified atom stereocenters. The number of methoxy groups -OCH3 is 1. The van der Waals surface area contributed by atoms with Crippen molar-refractivity contribution < 1.29 is 27.9 Å². The fourth-order valence-electron chi connectivity index (χ4n) is 4.57. The summed E-state index contributed by atoms with van der Waals surface area (Å²) in [6, 6.07) is 7.24. The van der Waals surface area contributed by atoms with Crippen LogP contribution in [-0.4, -0.2) is 70.3 Å². The zero-order chi connectivity index (χ0) is 22.7. The molecule has 9 nitrogen and oxygen atoms in total. The van der Waals surface area contributed by atoms with Crippen LogP contribution in [0.1, 0.15) is 57.8 Å². The zero-order valence-electron chi connectivity index (χ0n) is 17.8. The third-order valence-electron chi connectivity index (χ3n) is 6.72. The number of nitrogens with zero attached hydrogens (tertiary/aromatic N) is 3. The molecule has 1 N–H and O–H groups in total. The first kappa shape index (κ1) is 21.0. The van der Waals surface area contributed by atoms with E-state index in [2.05, 4.69) is 5.10 Å². The number of amides is 1. The quantitative estimate of drug-likeness (QED) is 0.639. The third-order valence-corrected chi connectivity index (χ3v) is 9.81. The molecule has 0 atom stereocenters. The van der Waals surface area contributed by atoms with E-state index in [1.807, 2.05) is 12.1 Å². The minimum atomic E-state index is -3.25. The highest BCUT2D eigenvalue weighted by atomic mass is 32.2. The maximum absolute atomic E-state index is 13.4. The molecule has 2 aromatic rings. The van der Waals surface area contributed by atoms with Gasteiger partial charge in [-0.05, 0) is 49.8 Å². The Morgan fingerprint density at radius 3 is 2.50 bits per heavy atom. The predicted octanol–water partition coefficient (Wildman–Crippen LogP) is 1.75. The summed E-state index contributed by atoms with van der Waals surface area (Å²) in [5.41, 5.74) is 1.38. The van der Waals surface area contributed by atoms with Crippen molar-refractivity contribution in [1.82, 2.24) is 14.7 Å². The molecule has 2 heterocycles. The summed E-state index contributed by atoms with van der Waals surface area (Å²) in [5.74, 6) is -0.834. The van der Waals surface area contributed by atoms with Crippen molar-refractivity contribution in [3.63, 3.8) is 0 Å². The van der Waals surface area contributed by atoms with E-state index in [9.17, 15) is 23.1 Å². The van der Waals surface area contributed by atoms with Crippen LogP contribution in [0.15, 0.2) is 24.3 Å². The summed E-state index contributed by atoms with van der Waals surface area (Å²) < 4.78 is 31.6. The molecule has 5 rings (SSSR count). The number of fused-ring (bicyclic) bond motifs is 1. The van der Waals surface area contributed by atoms with Crippen molar-refractivity contribution in [3.8, 4) is 5.75 Å². The van der Waals surface area contributed by atoms with Crippen molar-refractivity contribution in [1.29, 1.82) is 0 Å². The van der Waals surface area contributed by atoms with Crippen LogP contribution in [0.25, 0.3) is 0 Å². The lowest BCUT2D eigenvalue weighted by Gasteiger charge is -2.31. The first-order chi connectivity index (χ1) is 15.3. The van der Waals surface area contributed by atoms with Crippen LogP contribution in [-0.2, 0) is 22.8 Å². The van der Waals surface area contributed by atoms with Gasteiger partial charge in [0.1, 0.15) is 11.4 Å². The predicted molar refractivity (Wildman–Crippen MR) is 115 cm³/mol. The van der Waals surface area contributed by atoms with Crippen LogP contribution in [0.3, 0.4) is 0 Å². The molecule has 170 valence electrons. The number of aromatic carboxylic acids is 1. The lowest BCUT2D eigenvalue weighted by atomic mass is 10.0. The first-order valence-corrected chi connectivity index (χ1v) is 12.3. The van der Waals surface area contributed by atoms with Crippen LogP contribution >= 0.6 is 0 Å². The van der Waals surface area contributed by atoms with E-state index in [1.165, 1.54) is 4.68 Å². The highest BCUT2D eigenvalue weighted by molar-refractivity contribution is 7.94. The number of carbonyl (C=O) groups is 2. The largest absolute Gasteiger partial charge is 0.497 e. The Bertz CT molecular complexity index is 1190. The van der Waals surface area contributed by atoms with Gasteiger partial charge < -0.3 is 14.7 Å². The Hall–Kier alpha value is -2.88. The lowest BCUT2D eigenvalue weighted by molar-refractivity contribution is 0.0688. The number of benzene rings is 1. The number of ether oxygens (including phenoxy) is 1. The highest BCUT2D eigenvalue weighted by Gasteiger charge is 2.60. The molecular weight excluding hydrogens is 434 g/mol. The maximum Gasteiger partial charge on any atom is 0.356 e. The van der Waals surface area contributed by atoms with Crippen LogP contribution in [0, 0.1) is 0 Å². The van der Waals surface area contributed by atoms with Gasteiger partial charge in [0.15, 0.2) is 15.5 Å². The molecule has 0 saturated heterocycles. The summed E-state index contributed by atoms with van der Waals surface area (Å²) >= 11 is 0. The van der Waals surface area contributed by atoms with Crippen LogP contribution < -0.4 is 4.74 Å². The second-order valence-corrected chi connectivity index (χ2v) is 11.5. The summed E-state index contributed by atoms with van der Waals surface area (Å²) in [6.07, 6.45) is 2.91. The van der Waals surface area contributed by atoms with E-state index >= 15 is 0 Å². The molecule has 2 fully saturated rings. The number of sulfone groups is 1. The van der Waals surface area contributed by atoms with E-state index in [-0.39, 0.29) is 35.6 Å². The average Bonchev–Trinajstić information content (AvgIpc) is 3.68. The van der Waals surface area contributed by atoms with Crippen molar-refractivity contribution in [2.75, 3.05) is 20.2 Å². The van der Waals surface area contributed by atoms with Gasteiger partial charge in [0.25, 0.3) is 5.91 Å². The minimum absolute atomic E-state index is 0.117. The van der Waals surface area contributed by atoms with Crippen molar-refractivity contribution in [2.45, 2.75) is 48.6 Å². The number of carboxylic acids is 1. The van der Waals surface area contributed by atoms with E-state index in [0.717, 1.165) is 5.56 Å². The number of carbonyl (C=O) groups excluding carboxylic acids is 1. The molecule has 1 amide bonds. The maximum atomic E-state index is 13.4. The molecule has 1 aliphatic heterocycles. The smallest absolute Gasteiger partial charge is 0.356 e. The van der Waals surface area contributed by atoms with Gasteiger partial charge in [-0.15, -0.1) is 0 Å². The summed E-state index contributed by atoms with van der Waals surface area (Å²) in [5, 5.41) is 13.6. The van der Waals surface area contributed by atoms with Crippen molar-refractivity contribution >= 4 is 21.7 Å². The minimum Gasteiger partial charge on any atom is -0.497 e. The molecular formula is C22H25N3O6S. The summed E-state index contributed by atoms with van der Waals surface area (Å²) in [4.78, 5) is 26.8. The van der Waals surface area contributed by atoms with Gasteiger partial charge in [-0.2, -0.15) is 5.10 Å². The Morgan fingerprint density at radius 2 is 1.94 bits per heavy atom. The Balaban J connectivity index is 1.45. The fraction of sp³-hybridized carbons (Fsp3) is 0.500. The van der Waals surface area contributed by atoms with E-state index in [4.69, 9.17) is 4.74 Å². The van der Waals surface area contributed by atoms with E-state index < -0.39 is 20.6 Å². The molecule has 0 radical (unpaired) electrons. The molecule has 32 heavy (non-hydrogen) atoms. The van der Waals surface area contributed by atoms with Gasteiger partial charge in [0.05, 0.1) is 23.7 Å². The Kier molecular flexibility index (Phi) is 4.81. The SMILES string of the molecule is COc1ccc(Cn2nc(C(=O)O)c3c2C(=O)N(CC2(S(=O)(=O)C4CC4)CC2)CC3)cc1. The fourth-order valence-corrected chi connectivity index (χ4v) is 7.04. The van der Waals surface area contributed by atoms with Gasteiger partial charge in [-0.1, -0.05) is 12.1 Å². The number of hydrogen-bond acceptors (Lipinski definition) is 6. The van der Waals surface area contributed by atoms with E-state index in [0.29, 0.717) is 50.0 Å². The Labute approximate surface area is 185 Å². The normalized spacial score (nSPS) is 19.5. The number of aromatic nitrogens is 2. The van der Waals surface area contributed by atoms with Gasteiger partial charge >= 0.3 is 5.97 Å². The second kappa shape index (κ2) is 7.33. The third kappa shape index (κ3) is 3.37. The van der Waals surface area contributed by atoms with Crippen LogP contribution in [0.5, 0.6) is 5.75 Å². The number of carboxylic acid groups (broad SMARTS) is 1. The molecule has 1 aromatic carbocycles. The number of rotatable bonds is 8. The molecule has 10 heteroatoms. The molecule has 1 aromatic heterocycles. The van der Waals surface area contributed by atoms with Crippen LogP contribution in [0.4, 0.5) is 0 Å². The van der Waals surface area contributed by atoms with Crippen molar-refractivity contribution in [3.05, 3.63) is 46.8 Å². The molecule has 2 saturated carbocycles. The topological polar surface area (TPSA) is 119 Å². The zero-order valence-corrected chi connectivity index (χ0v) is 18.6. The Morgan fingerprint density at radius 1 is 1.25 bits per heavy atom. The van der Waals surface area contributed by atoms with Crippen molar-refractivity contribution in [2.24, 2.45) is 0 Å². The summed E-state index contributed by atoms with van der Waals surface area (Å²) in [6.45, 7) is 0.688. The molecule has 0 bridgehead atoms. The standard InChI is InChI=1S/C22H25N3O6S/c1-31-15-4-2-14(3-5-15)12-25-19-17(18(23-25)21(27)28)8-11-24(20(19)26)13-22(9-10-22)32(29,30)16-6-7-16/h2-5,16H,6-13H2,1H3,(H,27,28). The van der Waals surface area contributed by atoms with Gasteiger partial charge in [0, 0.05) is 18.7 Å². The molecule has 0 spiro atoms. The first-order valence-electron chi connectivity index (χ1n) is 10.7. The lowest BCUT2D eigenvalue weighted by Crippen LogP contribution is -2.47. The average molecular weight is 460 g/mol. The van der Waals surface area contributed by atoms with Gasteiger partial charge in [-0.25, -0.2) is 13.2 Å².